The number of aromatic nitrogens is 1. The van der Waals surface area contributed by atoms with Crippen molar-refractivity contribution in [3.63, 3.8) is 0 Å². The van der Waals surface area contributed by atoms with Gasteiger partial charge in [0.25, 0.3) is 5.91 Å². The maximum Gasteiger partial charge on any atom is 0.253 e. The van der Waals surface area contributed by atoms with Gasteiger partial charge in [-0.2, -0.15) is 0 Å². The fourth-order valence-electron chi connectivity index (χ4n) is 7.42. The number of nitrogens with zero attached hydrogens (tertiary/aromatic N) is 2. The highest BCUT2D eigenvalue weighted by atomic mass is 16.5. The first-order chi connectivity index (χ1) is 15.6. The van der Waals surface area contributed by atoms with Crippen molar-refractivity contribution in [3.8, 4) is 5.75 Å². The monoisotopic (exact) mass is 437 g/mol. The zero-order valence-corrected chi connectivity index (χ0v) is 19.1. The lowest BCUT2D eigenvalue weighted by atomic mass is 9.53. The molecule has 32 heavy (non-hydrogen) atoms. The lowest BCUT2D eigenvalue weighted by Gasteiger charge is -2.56. The first-order valence-electron chi connectivity index (χ1n) is 12.4. The number of ether oxygens (including phenoxy) is 2. The van der Waals surface area contributed by atoms with E-state index < -0.39 is 0 Å². The van der Waals surface area contributed by atoms with Gasteiger partial charge in [-0.15, -0.1) is 0 Å². The molecule has 6 heteroatoms. The summed E-state index contributed by atoms with van der Waals surface area (Å²) in [6.07, 6.45) is 9.73. The molecule has 1 aromatic heterocycles. The van der Waals surface area contributed by atoms with Crippen LogP contribution in [0.3, 0.4) is 0 Å². The first-order valence-corrected chi connectivity index (χ1v) is 12.4. The summed E-state index contributed by atoms with van der Waals surface area (Å²) in [6, 6.07) is 6.11. The molecule has 5 aliphatic rings. The second-order valence-corrected chi connectivity index (χ2v) is 10.7. The van der Waals surface area contributed by atoms with E-state index in [1.807, 2.05) is 12.1 Å². The van der Waals surface area contributed by atoms with Gasteiger partial charge in [-0.05, 0) is 74.5 Å². The molecule has 0 atom stereocenters. The van der Waals surface area contributed by atoms with E-state index in [1.165, 1.54) is 38.5 Å². The van der Waals surface area contributed by atoms with Gasteiger partial charge in [0.2, 0.25) is 0 Å². The molecular formula is C26H35N3O3. The number of amides is 1. The molecule has 172 valence electrons. The highest BCUT2D eigenvalue weighted by molar-refractivity contribution is 6.07. The minimum atomic E-state index is 0.0208. The molecule has 4 bridgehead atoms. The Kier molecular flexibility index (Phi) is 5.18. The van der Waals surface area contributed by atoms with E-state index in [0.29, 0.717) is 0 Å². The number of carbonyl (C=O) groups is 1. The van der Waals surface area contributed by atoms with Crippen LogP contribution < -0.4 is 10.1 Å². The van der Waals surface area contributed by atoms with Crippen molar-refractivity contribution in [2.45, 2.75) is 50.6 Å². The Bertz CT molecular complexity index is 972. The third-order valence-corrected chi connectivity index (χ3v) is 8.51. The molecule has 2 heterocycles. The highest BCUT2D eigenvalue weighted by Gasteiger charge is 2.51. The topological polar surface area (TPSA) is 55.7 Å². The third kappa shape index (κ3) is 3.71. The summed E-state index contributed by atoms with van der Waals surface area (Å²) in [6.45, 7) is 5.41. The Morgan fingerprint density at radius 2 is 1.78 bits per heavy atom. The van der Waals surface area contributed by atoms with Gasteiger partial charge in [0.05, 0.1) is 25.9 Å². The molecule has 1 aliphatic heterocycles. The highest BCUT2D eigenvalue weighted by Crippen LogP contribution is 2.55. The van der Waals surface area contributed by atoms with Crippen LogP contribution in [0.5, 0.6) is 5.75 Å². The number of morpholine rings is 1. The van der Waals surface area contributed by atoms with E-state index in [0.717, 1.165) is 79.4 Å². The second-order valence-electron chi connectivity index (χ2n) is 10.7. The standard InChI is InChI=1S/C26H35N3O3/c1-31-21-2-3-24-22(13-21)23(17-29(24)5-4-28-6-8-32-9-7-28)25(30)27-26-14-18-10-19(15-26)12-20(11-18)16-26/h2-3,13,17-20H,4-12,14-16H2,1H3,(H,27,30). The number of benzene rings is 1. The van der Waals surface area contributed by atoms with Crippen LogP contribution in [0.2, 0.25) is 0 Å². The zero-order valence-electron chi connectivity index (χ0n) is 19.1. The number of nitrogens with one attached hydrogen (secondary N) is 1. The van der Waals surface area contributed by atoms with Crippen LogP contribution in [0.1, 0.15) is 48.9 Å². The van der Waals surface area contributed by atoms with Gasteiger partial charge in [0.15, 0.2) is 0 Å². The summed E-state index contributed by atoms with van der Waals surface area (Å²) in [5.74, 6) is 3.34. The average molecular weight is 438 g/mol. The fraction of sp³-hybridized carbons (Fsp3) is 0.654. The molecule has 1 aromatic carbocycles. The molecule has 4 aliphatic carbocycles. The molecular weight excluding hydrogens is 402 g/mol. The van der Waals surface area contributed by atoms with Gasteiger partial charge in [0.1, 0.15) is 5.75 Å². The van der Waals surface area contributed by atoms with Crippen LogP contribution in [-0.4, -0.2) is 60.9 Å². The molecule has 4 saturated carbocycles. The smallest absolute Gasteiger partial charge is 0.253 e. The number of carbonyl (C=O) groups excluding carboxylic acids is 1. The van der Waals surface area contributed by atoms with Crippen LogP contribution in [0.25, 0.3) is 10.9 Å². The van der Waals surface area contributed by atoms with Gasteiger partial charge in [0, 0.05) is 48.8 Å². The van der Waals surface area contributed by atoms with Crippen molar-refractivity contribution < 1.29 is 14.3 Å². The normalized spacial score (nSPS) is 31.8. The molecule has 7 rings (SSSR count). The number of rotatable bonds is 6. The van der Waals surface area contributed by atoms with Crippen molar-refractivity contribution in [1.82, 2.24) is 14.8 Å². The van der Waals surface area contributed by atoms with Gasteiger partial charge in [-0.25, -0.2) is 0 Å². The molecule has 0 radical (unpaired) electrons. The largest absolute Gasteiger partial charge is 0.497 e. The van der Waals surface area contributed by atoms with Crippen LogP contribution in [0.4, 0.5) is 0 Å². The summed E-state index contributed by atoms with van der Waals surface area (Å²) >= 11 is 0. The minimum absolute atomic E-state index is 0.0208. The predicted octanol–water partition coefficient (Wildman–Crippen LogP) is 3.68. The summed E-state index contributed by atoms with van der Waals surface area (Å²) in [5.41, 5.74) is 1.92. The van der Waals surface area contributed by atoms with Gasteiger partial charge < -0.3 is 19.4 Å². The predicted molar refractivity (Wildman–Crippen MR) is 124 cm³/mol. The van der Waals surface area contributed by atoms with Crippen molar-refractivity contribution in [2.24, 2.45) is 17.8 Å². The van der Waals surface area contributed by atoms with E-state index in [2.05, 4.69) is 27.0 Å². The van der Waals surface area contributed by atoms with E-state index in [1.54, 1.807) is 7.11 Å². The zero-order chi connectivity index (χ0) is 21.7. The third-order valence-electron chi connectivity index (χ3n) is 8.51. The summed E-state index contributed by atoms with van der Waals surface area (Å²) in [7, 11) is 1.69. The Balaban J connectivity index is 1.27. The number of hydrogen-bond donors (Lipinski definition) is 1. The van der Waals surface area contributed by atoms with Crippen LogP contribution in [-0.2, 0) is 11.3 Å². The maximum atomic E-state index is 13.7. The van der Waals surface area contributed by atoms with Crippen molar-refractivity contribution >= 4 is 16.8 Å². The van der Waals surface area contributed by atoms with Gasteiger partial charge >= 0.3 is 0 Å². The lowest BCUT2D eigenvalue weighted by Crippen LogP contribution is -2.59. The van der Waals surface area contributed by atoms with Gasteiger partial charge in [-0.1, -0.05) is 0 Å². The summed E-state index contributed by atoms with van der Waals surface area (Å²) in [5, 5.41) is 4.56. The lowest BCUT2D eigenvalue weighted by molar-refractivity contribution is -0.0166. The van der Waals surface area contributed by atoms with Crippen LogP contribution in [0.15, 0.2) is 24.4 Å². The molecule has 0 spiro atoms. The number of methoxy groups -OCH3 is 1. The molecule has 1 saturated heterocycles. The van der Waals surface area contributed by atoms with E-state index in [-0.39, 0.29) is 11.4 Å². The second kappa shape index (κ2) is 8.07. The molecule has 1 N–H and O–H groups in total. The first kappa shape index (κ1) is 20.5. The summed E-state index contributed by atoms with van der Waals surface area (Å²) < 4.78 is 13.2. The Morgan fingerprint density at radius 3 is 2.44 bits per heavy atom. The van der Waals surface area contributed by atoms with Crippen molar-refractivity contribution in [1.29, 1.82) is 0 Å². The van der Waals surface area contributed by atoms with Crippen LogP contribution >= 0.6 is 0 Å². The molecule has 6 nitrogen and oxygen atoms in total. The molecule has 1 amide bonds. The van der Waals surface area contributed by atoms with Crippen molar-refractivity contribution in [2.75, 3.05) is 40.0 Å². The van der Waals surface area contributed by atoms with E-state index in [9.17, 15) is 4.79 Å². The van der Waals surface area contributed by atoms with Crippen LogP contribution in [0, 0.1) is 17.8 Å². The SMILES string of the molecule is COc1ccc2c(c1)c(C(=O)NC13CC4CC(CC(C4)C1)C3)cn2CCN1CCOCC1. The summed E-state index contributed by atoms with van der Waals surface area (Å²) in [4.78, 5) is 16.1. The Labute approximate surface area is 190 Å². The van der Waals surface area contributed by atoms with Crippen molar-refractivity contribution in [3.05, 3.63) is 30.0 Å². The molecule has 0 unspecified atom stereocenters. The Hall–Kier alpha value is -2.05. The molecule has 5 fully saturated rings. The fourth-order valence-corrected chi connectivity index (χ4v) is 7.42. The molecule has 2 aromatic rings. The average Bonchev–Trinajstić information content (AvgIpc) is 3.15. The quantitative estimate of drug-likeness (QED) is 0.749. The van der Waals surface area contributed by atoms with Gasteiger partial charge in [-0.3, -0.25) is 9.69 Å². The van der Waals surface area contributed by atoms with E-state index in [4.69, 9.17) is 9.47 Å². The minimum Gasteiger partial charge on any atom is -0.497 e. The Morgan fingerprint density at radius 1 is 1.09 bits per heavy atom. The maximum absolute atomic E-state index is 13.7. The number of hydrogen-bond acceptors (Lipinski definition) is 4. The van der Waals surface area contributed by atoms with E-state index >= 15 is 0 Å². The number of fused-ring (bicyclic) bond motifs is 1.